The highest BCUT2D eigenvalue weighted by molar-refractivity contribution is 5.95. The van der Waals surface area contributed by atoms with Crippen molar-refractivity contribution < 1.29 is 27.8 Å². The van der Waals surface area contributed by atoms with Crippen LogP contribution in [-0.4, -0.2) is 34.9 Å². The Morgan fingerprint density at radius 1 is 1.14 bits per heavy atom. The number of aromatic nitrogens is 1. The molecule has 1 amide bonds. The number of nitrogens with zero attached hydrogens (tertiary/aromatic N) is 1. The van der Waals surface area contributed by atoms with Crippen LogP contribution < -0.4 is 10.7 Å². The van der Waals surface area contributed by atoms with Crippen LogP contribution in [-0.2, 0) is 22.9 Å². The number of hydrogen-bond donors (Lipinski definition) is 1. The summed E-state index contributed by atoms with van der Waals surface area (Å²) in [6.45, 7) is 7.13. The van der Waals surface area contributed by atoms with E-state index in [1.54, 1.807) is 6.92 Å². The summed E-state index contributed by atoms with van der Waals surface area (Å²) in [5, 5.41) is 2.78. The molecule has 7 nitrogen and oxygen atoms in total. The molecule has 0 aliphatic heterocycles. The second-order valence-electron chi connectivity index (χ2n) is 10.1. The molecule has 1 aliphatic carbocycles. The Morgan fingerprint density at radius 3 is 2.40 bits per heavy atom. The monoisotopic (exact) mass is 492 g/mol. The lowest BCUT2D eigenvalue weighted by atomic mass is 9.82. The Hall–Kier alpha value is -2.97. The zero-order chi connectivity index (χ0) is 25.9. The summed E-state index contributed by atoms with van der Waals surface area (Å²) in [5.41, 5.74) is -1.46. The van der Waals surface area contributed by atoms with Gasteiger partial charge in [0, 0.05) is 30.9 Å². The summed E-state index contributed by atoms with van der Waals surface area (Å²) < 4.78 is 41.1. The van der Waals surface area contributed by atoms with Gasteiger partial charge in [-0.15, -0.1) is 0 Å². The molecule has 1 saturated carbocycles. The molecular weight excluding hydrogens is 458 g/mol. The first-order chi connectivity index (χ1) is 16.4. The molecule has 1 aromatic carbocycles. The topological polar surface area (TPSA) is 86.6 Å². The summed E-state index contributed by atoms with van der Waals surface area (Å²) in [4.78, 5) is 37.4. The maximum absolute atomic E-state index is 14.9. The van der Waals surface area contributed by atoms with Gasteiger partial charge in [-0.2, -0.15) is 0 Å². The number of benzene rings is 1. The van der Waals surface area contributed by atoms with Gasteiger partial charge < -0.3 is 19.4 Å². The van der Waals surface area contributed by atoms with Gasteiger partial charge in [0.15, 0.2) is 5.82 Å². The molecule has 0 saturated heterocycles. The minimum Gasteiger partial charge on any atom is -0.462 e. The number of ether oxygens (including phenoxy) is 2. The highest BCUT2D eigenvalue weighted by Gasteiger charge is 2.27. The summed E-state index contributed by atoms with van der Waals surface area (Å²) in [6, 6.07) is 0.812. The van der Waals surface area contributed by atoms with E-state index in [9.17, 15) is 23.2 Å². The van der Waals surface area contributed by atoms with Gasteiger partial charge in [-0.3, -0.25) is 4.79 Å². The van der Waals surface area contributed by atoms with Crippen LogP contribution in [0.2, 0.25) is 0 Å². The quantitative estimate of drug-likeness (QED) is 0.573. The van der Waals surface area contributed by atoms with Crippen LogP contribution in [0.5, 0.6) is 0 Å². The van der Waals surface area contributed by atoms with E-state index in [2.05, 4.69) is 5.32 Å². The molecule has 1 heterocycles. The number of carbonyl (C=O) groups is 2. The van der Waals surface area contributed by atoms with Gasteiger partial charge in [0.2, 0.25) is 5.43 Å². The number of nitrogens with one attached hydrogen (secondary N) is 1. The van der Waals surface area contributed by atoms with Crippen molar-refractivity contribution in [3.05, 3.63) is 45.2 Å². The highest BCUT2D eigenvalue weighted by Crippen LogP contribution is 2.31. The van der Waals surface area contributed by atoms with Gasteiger partial charge in [-0.1, -0.05) is 0 Å². The predicted molar refractivity (Wildman–Crippen MR) is 128 cm³/mol. The van der Waals surface area contributed by atoms with Crippen LogP contribution in [0.3, 0.4) is 0 Å². The van der Waals surface area contributed by atoms with Crippen molar-refractivity contribution in [2.75, 3.05) is 6.61 Å². The van der Waals surface area contributed by atoms with E-state index in [0.29, 0.717) is 6.42 Å². The van der Waals surface area contributed by atoms with Crippen LogP contribution in [0, 0.1) is 17.6 Å². The molecular formula is C26H34F2N2O5. The first kappa shape index (κ1) is 26.6. The van der Waals surface area contributed by atoms with Crippen molar-refractivity contribution in [1.82, 2.24) is 9.88 Å². The largest absolute Gasteiger partial charge is 0.462 e. The first-order valence-electron chi connectivity index (χ1n) is 12.1. The molecule has 0 unspecified atom stereocenters. The Balaban J connectivity index is 1.76. The Morgan fingerprint density at radius 2 is 1.80 bits per heavy atom. The predicted octanol–water partition coefficient (Wildman–Crippen LogP) is 5.01. The van der Waals surface area contributed by atoms with Crippen LogP contribution in [0.25, 0.3) is 10.9 Å². The molecule has 1 aliphatic rings. The Kier molecular flexibility index (Phi) is 8.18. The summed E-state index contributed by atoms with van der Waals surface area (Å²) in [6.07, 6.45) is 4.82. The number of halogens is 2. The minimum atomic E-state index is -0.856. The zero-order valence-electron chi connectivity index (χ0n) is 21.0. The number of alkyl carbamates (subject to hydrolysis) is 1. The maximum Gasteiger partial charge on any atom is 0.407 e. The fourth-order valence-corrected chi connectivity index (χ4v) is 4.71. The number of pyridine rings is 1. The van der Waals surface area contributed by atoms with Crippen molar-refractivity contribution in [3.8, 4) is 0 Å². The molecule has 1 aromatic heterocycles. The van der Waals surface area contributed by atoms with Gasteiger partial charge in [0.25, 0.3) is 0 Å². The van der Waals surface area contributed by atoms with Gasteiger partial charge in [-0.25, -0.2) is 18.4 Å². The molecule has 0 bridgehead atoms. The minimum absolute atomic E-state index is 0.0175. The molecule has 0 spiro atoms. The fourth-order valence-electron chi connectivity index (χ4n) is 4.71. The number of hydrogen-bond acceptors (Lipinski definition) is 5. The number of fused-ring (bicyclic) bond motifs is 1. The summed E-state index contributed by atoms with van der Waals surface area (Å²) >= 11 is 0. The standard InChI is InChI=1S/C26H34F2N2O5/c1-6-34-24(32)18-14-30(5)22-20(28)13-19(27)17(21(22)23(18)31)12-9-15-7-10-16(11-8-15)29-25(33)35-26(2,3)4/h13-16H,6-12H2,1-5H3,(H,29,33). The number of carbonyl (C=O) groups excluding carboxylic acids is 2. The summed E-state index contributed by atoms with van der Waals surface area (Å²) in [5.74, 6) is -2.21. The molecule has 0 atom stereocenters. The van der Waals surface area contributed by atoms with Crippen molar-refractivity contribution in [2.45, 2.75) is 77.9 Å². The van der Waals surface area contributed by atoms with E-state index in [1.165, 1.54) is 17.8 Å². The van der Waals surface area contributed by atoms with Crippen LogP contribution in [0.15, 0.2) is 17.1 Å². The zero-order valence-corrected chi connectivity index (χ0v) is 21.0. The third-order valence-corrected chi connectivity index (χ3v) is 6.32. The highest BCUT2D eigenvalue weighted by atomic mass is 19.1. The lowest BCUT2D eigenvalue weighted by molar-refractivity contribution is 0.0484. The van der Waals surface area contributed by atoms with E-state index in [1.807, 2.05) is 20.8 Å². The Labute approximate surface area is 203 Å². The van der Waals surface area contributed by atoms with Gasteiger partial charge in [-0.05, 0) is 72.1 Å². The molecule has 1 fully saturated rings. The first-order valence-corrected chi connectivity index (χ1v) is 12.1. The van der Waals surface area contributed by atoms with E-state index in [-0.39, 0.29) is 47.0 Å². The third-order valence-electron chi connectivity index (χ3n) is 6.32. The van der Waals surface area contributed by atoms with Gasteiger partial charge in [0.05, 0.1) is 17.5 Å². The summed E-state index contributed by atoms with van der Waals surface area (Å²) in [7, 11) is 1.51. The van der Waals surface area contributed by atoms with Gasteiger partial charge >= 0.3 is 12.1 Å². The van der Waals surface area contributed by atoms with E-state index >= 15 is 0 Å². The van der Waals surface area contributed by atoms with Crippen molar-refractivity contribution in [2.24, 2.45) is 13.0 Å². The SMILES string of the molecule is CCOC(=O)c1cn(C)c2c(F)cc(F)c(CCC3CCC(NC(=O)OC(C)(C)C)CC3)c2c1=O. The average Bonchev–Trinajstić information content (AvgIpc) is 2.75. The number of aryl methyl sites for hydroxylation is 2. The number of amides is 1. The lowest BCUT2D eigenvalue weighted by Gasteiger charge is -2.30. The van der Waals surface area contributed by atoms with Crippen molar-refractivity contribution in [1.29, 1.82) is 0 Å². The maximum atomic E-state index is 14.9. The van der Waals surface area contributed by atoms with Crippen molar-refractivity contribution >= 4 is 23.0 Å². The van der Waals surface area contributed by atoms with E-state index in [0.717, 1.165) is 31.7 Å². The molecule has 9 heteroatoms. The second kappa shape index (κ2) is 10.7. The van der Waals surface area contributed by atoms with Crippen LogP contribution >= 0.6 is 0 Å². The third kappa shape index (κ3) is 6.38. The number of rotatable bonds is 6. The molecule has 2 aromatic rings. The van der Waals surface area contributed by atoms with Gasteiger partial charge in [0.1, 0.15) is 17.0 Å². The molecule has 35 heavy (non-hydrogen) atoms. The number of esters is 1. The fraction of sp³-hybridized carbons (Fsp3) is 0.577. The second-order valence-corrected chi connectivity index (χ2v) is 10.1. The van der Waals surface area contributed by atoms with Crippen LogP contribution in [0.4, 0.5) is 13.6 Å². The van der Waals surface area contributed by atoms with Crippen LogP contribution in [0.1, 0.15) is 75.7 Å². The van der Waals surface area contributed by atoms with E-state index in [4.69, 9.17) is 9.47 Å². The normalized spacial score (nSPS) is 18.4. The molecule has 1 N–H and O–H groups in total. The Bertz CT molecular complexity index is 1160. The lowest BCUT2D eigenvalue weighted by Crippen LogP contribution is -2.41. The molecule has 3 rings (SSSR count). The smallest absolute Gasteiger partial charge is 0.407 e. The average molecular weight is 493 g/mol. The van der Waals surface area contributed by atoms with Crippen molar-refractivity contribution in [3.63, 3.8) is 0 Å². The molecule has 0 radical (unpaired) electrons. The van der Waals surface area contributed by atoms with E-state index < -0.39 is 34.7 Å². The molecule has 192 valence electrons.